The van der Waals surface area contributed by atoms with Crippen LogP contribution in [0.25, 0.3) is 0 Å². The second kappa shape index (κ2) is 6.36. The number of halogens is 1. The standard InChI is InChI=1S/C14H13ClN2O3/c15-12-6-5-10(13(7-12)17(19)20)8-16-9-11-3-1-2-4-14(11)18/h1-7,16,18H,8-9H2. The Kier molecular flexibility index (Phi) is 4.55. The lowest BCUT2D eigenvalue weighted by Gasteiger charge is -2.07. The van der Waals surface area contributed by atoms with Gasteiger partial charge in [-0.15, -0.1) is 0 Å². The van der Waals surface area contributed by atoms with Gasteiger partial charge in [0.2, 0.25) is 0 Å². The van der Waals surface area contributed by atoms with Gasteiger partial charge >= 0.3 is 0 Å². The Hall–Kier alpha value is -2.11. The molecule has 0 aliphatic rings. The van der Waals surface area contributed by atoms with Crippen LogP contribution in [0, 0.1) is 10.1 Å². The van der Waals surface area contributed by atoms with Crippen molar-refractivity contribution in [3.05, 3.63) is 68.7 Å². The highest BCUT2D eigenvalue weighted by Gasteiger charge is 2.13. The van der Waals surface area contributed by atoms with Gasteiger partial charge in [-0.3, -0.25) is 10.1 Å². The highest BCUT2D eigenvalue weighted by atomic mass is 35.5. The predicted octanol–water partition coefficient (Wildman–Crippen LogP) is 3.24. The first-order chi connectivity index (χ1) is 9.58. The molecule has 0 fully saturated rings. The fourth-order valence-corrected chi connectivity index (χ4v) is 2.01. The van der Waals surface area contributed by atoms with Crippen LogP contribution in [0.1, 0.15) is 11.1 Å². The van der Waals surface area contributed by atoms with E-state index in [1.54, 1.807) is 30.3 Å². The van der Waals surface area contributed by atoms with Crippen molar-refractivity contribution in [2.45, 2.75) is 13.1 Å². The maximum Gasteiger partial charge on any atom is 0.275 e. The van der Waals surface area contributed by atoms with E-state index in [1.165, 1.54) is 6.07 Å². The Bertz CT molecular complexity index is 632. The third kappa shape index (κ3) is 3.46. The first kappa shape index (κ1) is 14.3. The molecule has 20 heavy (non-hydrogen) atoms. The Morgan fingerprint density at radius 3 is 2.55 bits per heavy atom. The number of hydrogen-bond donors (Lipinski definition) is 2. The molecule has 0 spiro atoms. The van der Waals surface area contributed by atoms with Gasteiger partial charge in [-0.1, -0.05) is 29.8 Å². The van der Waals surface area contributed by atoms with Gasteiger partial charge in [-0.25, -0.2) is 0 Å². The van der Waals surface area contributed by atoms with E-state index in [9.17, 15) is 15.2 Å². The van der Waals surface area contributed by atoms with Crippen molar-refractivity contribution in [3.8, 4) is 5.75 Å². The Labute approximate surface area is 121 Å². The number of benzene rings is 2. The average molecular weight is 293 g/mol. The molecule has 0 saturated carbocycles. The second-order valence-electron chi connectivity index (χ2n) is 4.26. The SMILES string of the molecule is O=[N+]([O-])c1cc(Cl)ccc1CNCc1ccccc1O. The summed E-state index contributed by atoms with van der Waals surface area (Å²) in [5.74, 6) is 0.200. The quantitative estimate of drug-likeness (QED) is 0.655. The smallest absolute Gasteiger partial charge is 0.275 e. The van der Waals surface area contributed by atoms with E-state index in [1.807, 2.05) is 6.07 Å². The Morgan fingerprint density at radius 2 is 1.85 bits per heavy atom. The number of nitrogens with one attached hydrogen (secondary N) is 1. The first-order valence-corrected chi connectivity index (χ1v) is 6.36. The van der Waals surface area contributed by atoms with Crippen LogP contribution in [0.5, 0.6) is 5.75 Å². The number of nitrogens with zero attached hydrogens (tertiary/aromatic N) is 1. The number of nitro groups is 1. The third-order valence-corrected chi connectivity index (χ3v) is 3.10. The molecule has 2 rings (SSSR count). The predicted molar refractivity (Wildman–Crippen MR) is 76.8 cm³/mol. The van der Waals surface area contributed by atoms with Crippen molar-refractivity contribution in [2.24, 2.45) is 0 Å². The molecule has 0 saturated heterocycles. The molecule has 2 aromatic carbocycles. The largest absolute Gasteiger partial charge is 0.508 e. The number of nitro benzene ring substituents is 1. The summed E-state index contributed by atoms with van der Waals surface area (Å²) in [5, 5.41) is 24.0. The average Bonchev–Trinajstić information content (AvgIpc) is 2.42. The summed E-state index contributed by atoms with van der Waals surface area (Å²) in [5.41, 5.74) is 1.28. The molecule has 0 atom stereocenters. The van der Waals surface area contributed by atoms with E-state index in [0.29, 0.717) is 23.7 Å². The van der Waals surface area contributed by atoms with Gasteiger partial charge in [0, 0.05) is 35.3 Å². The zero-order chi connectivity index (χ0) is 14.5. The molecule has 0 amide bonds. The van der Waals surface area contributed by atoms with E-state index in [2.05, 4.69) is 5.32 Å². The van der Waals surface area contributed by atoms with E-state index >= 15 is 0 Å². The molecular formula is C14H13ClN2O3. The topological polar surface area (TPSA) is 75.4 Å². The molecule has 0 unspecified atom stereocenters. The van der Waals surface area contributed by atoms with Crippen molar-refractivity contribution in [1.82, 2.24) is 5.32 Å². The van der Waals surface area contributed by atoms with Crippen LogP contribution in [0.4, 0.5) is 5.69 Å². The Balaban J connectivity index is 2.05. The first-order valence-electron chi connectivity index (χ1n) is 5.98. The van der Waals surface area contributed by atoms with Crippen LogP contribution < -0.4 is 5.32 Å². The van der Waals surface area contributed by atoms with Crippen molar-refractivity contribution < 1.29 is 10.0 Å². The van der Waals surface area contributed by atoms with E-state index < -0.39 is 4.92 Å². The minimum atomic E-state index is -0.455. The van der Waals surface area contributed by atoms with Gasteiger partial charge in [0.25, 0.3) is 5.69 Å². The van der Waals surface area contributed by atoms with Crippen molar-refractivity contribution in [2.75, 3.05) is 0 Å². The molecule has 0 radical (unpaired) electrons. The van der Waals surface area contributed by atoms with Crippen LogP contribution in [-0.2, 0) is 13.1 Å². The summed E-state index contributed by atoms with van der Waals surface area (Å²) < 4.78 is 0. The van der Waals surface area contributed by atoms with E-state index in [4.69, 9.17) is 11.6 Å². The normalized spacial score (nSPS) is 10.4. The maximum absolute atomic E-state index is 10.9. The van der Waals surface area contributed by atoms with Gasteiger partial charge in [-0.05, 0) is 18.2 Å². The summed E-state index contributed by atoms with van der Waals surface area (Å²) in [7, 11) is 0. The molecule has 0 bridgehead atoms. The highest BCUT2D eigenvalue weighted by molar-refractivity contribution is 6.30. The molecular weight excluding hydrogens is 280 g/mol. The fourth-order valence-electron chi connectivity index (χ4n) is 1.85. The molecule has 5 nitrogen and oxygen atoms in total. The van der Waals surface area contributed by atoms with Crippen LogP contribution >= 0.6 is 11.6 Å². The summed E-state index contributed by atoms with van der Waals surface area (Å²) in [6.45, 7) is 0.744. The maximum atomic E-state index is 10.9. The molecule has 0 aliphatic heterocycles. The molecule has 2 aromatic rings. The van der Waals surface area contributed by atoms with Crippen LogP contribution in [0.3, 0.4) is 0 Å². The van der Waals surface area contributed by atoms with Gasteiger partial charge in [0.05, 0.1) is 4.92 Å². The number of para-hydroxylation sites is 1. The van der Waals surface area contributed by atoms with Gasteiger partial charge in [0.1, 0.15) is 5.75 Å². The summed E-state index contributed by atoms with van der Waals surface area (Å²) in [6.07, 6.45) is 0. The minimum absolute atomic E-state index is 0.0118. The number of hydrogen-bond acceptors (Lipinski definition) is 4. The monoisotopic (exact) mass is 292 g/mol. The zero-order valence-corrected chi connectivity index (χ0v) is 11.3. The molecule has 6 heteroatoms. The van der Waals surface area contributed by atoms with Crippen LogP contribution in [-0.4, -0.2) is 10.0 Å². The van der Waals surface area contributed by atoms with E-state index in [0.717, 1.165) is 5.56 Å². The summed E-state index contributed by atoms with van der Waals surface area (Å²) >= 11 is 5.75. The number of phenolic OH excluding ortho intramolecular Hbond substituents is 1. The summed E-state index contributed by atoms with van der Waals surface area (Å²) in [6, 6.07) is 11.5. The van der Waals surface area contributed by atoms with Crippen LogP contribution in [0.15, 0.2) is 42.5 Å². The molecule has 2 N–H and O–H groups in total. The number of aromatic hydroxyl groups is 1. The van der Waals surface area contributed by atoms with E-state index in [-0.39, 0.29) is 11.4 Å². The van der Waals surface area contributed by atoms with Crippen molar-refractivity contribution in [1.29, 1.82) is 0 Å². The minimum Gasteiger partial charge on any atom is -0.508 e. The zero-order valence-electron chi connectivity index (χ0n) is 10.5. The number of phenols is 1. The highest BCUT2D eigenvalue weighted by Crippen LogP contribution is 2.23. The Morgan fingerprint density at radius 1 is 1.15 bits per heavy atom. The lowest BCUT2D eigenvalue weighted by molar-refractivity contribution is -0.385. The molecule has 104 valence electrons. The molecule has 0 aromatic heterocycles. The lowest BCUT2D eigenvalue weighted by atomic mass is 10.1. The summed E-state index contributed by atoms with van der Waals surface area (Å²) in [4.78, 5) is 10.5. The fraction of sp³-hybridized carbons (Fsp3) is 0.143. The number of rotatable bonds is 5. The van der Waals surface area contributed by atoms with Crippen molar-refractivity contribution >= 4 is 17.3 Å². The van der Waals surface area contributed by atoms with Gasteiger partial charge in [0.15, 0.2) is 0 Å². The lowest BCUT2D eigenvalue weighted by Crippen LogP contribution is -2.13. The molecule has 0 heterocycles. The molecule has 0 aliphatic carbocycles. The van der Waals surface area contributed by atoms with Crippen LogP contribution in [0.2, 0.25) is 5.02 Å². The third-order valence-electron chi connectivity index (χ3n) is 2.87. The van der Waals surface area contributed by atoms with Crippen molar-refractivity contribution in [3.63, 3.8) is 0 Å². The van der Waals surface area contributed by atoms with Gasteiger partial charge in [-0.2, -0.15) is 0 Å². The second-order valence-corrected chi connectivity index (χ2v) is 4.70. The van der Waals surface area contributed by atoms with Gasteiger partial charge < -0.3 is 10.4 Å².